The third-order valence-corrected chi connectivity index (χ3v) is 7.24. The van der Waals surface area contributed by atoms with E-state index in [4.69, 9.17) is 0 Å². The zero-order valence-corrected chi connectivity index (χ0v) is 20.6. The molecular formula is C27H35N5O3. The number of hydrogen-bond donors (Lipinski definition) is 2. The van der Waals surface area contributed by atoms with Crippen molar-refractivity contribution in [1.29, 1.82) is 0 Å². The van der Waals surface area contributed by atoms with Crippen LogP contribution in [0.1, 0.15) is 37.8 Å². The van der Waals surface area contributed by atoms with Crippen molar-refractivity contribution in [3.8, 4) is 0 Å². The molecule has 2 saturated heterocycles. The Balaban J connectivity index is 1.30. The van der Waals surface area contributed by atoms with Gasteiger partial charge in [-0.15, -0.1) is 0 Å². The van der Waals surface area contributed by atoms with Crippen LogP contribution in [-0.4, -0.2) is 65.9 Å². The molecule has 0 atom stereocenters. The van der Waals surface area contributed by atoms with E-state index in [2.05, 4.69) is 50.8 Å². The summed E-state index contributed by atoms with van der Waals surface area (Å²) in [4.78, 5) is 43.6. The number of amides is 4. The molecule has 0 spiro atoms. The number of nitrogens with one attached hydrogen (secondary N) is 2. The van der Waals surface area contributed by atoms with Gasteiger partial charge in [-0.1, -0.05) is 56.3 Å². The van der Waals surface area contributed by atoms with Crippen LogP contribution in [0.3, 0.4) is 0 Å². The normalized spacial score (nSPS) is 18.0. The fourth-order valence-electron chi connectivity index (χ4n) is 4.87. The lowest BCUT2D eigenvalue weighted by Gasteiger charge is -2.36. The second-order valence-electron chi connectivity index (χ2n) is 9.25. The van der Waals surface area contributed by atoms with E-state index >= 15 is 0 Å². The van der Waals surface area contributed by atoms with Gasteiger partial charge in [0.15, 0.2) is 0 Å². The molecule has 8 heteroatoms. The number of anilines is 1. The molecule has 8 nitrogen and oxygen atoms in total. The summed E-state index contributed by atoms with van der Waals surface area (Å²) < 4.78 is 0. The Morgan fingerprint density at radius 2 is 1.54 bits per heavy atom. The lowest BCUT2D eigenvalue weighted by Crippen LogP contribution is -2.46. The fraction of sp³-hybridized carbons (Fsp3) is 0.444. The van der Waals surface area contributed by atoms with E-state index in [1.165, 1.54) is 11.3 Å². The summed E-state index contributed by atoms with van der Waals surface area (Å²) in [5.74, 6) is -0.666. The van der Waals surface area contributed by atoms with Gasteiger partial charge in [0, 0.05) is 45.0 Å². The number of hydrogen-bond acceptors (Lipinski definition) is 5. The maximum atomic E-state index is 12.8. The van der Waals surface area contributed by atoms with Crippen molar-refractivity contribution in [1.82, 2.24) is 20.4 Å². The number of para-hydroxylation sites is 1. The molecule has 0 aliphatic carbocycles. The van der Waals surface area contributed by atoms with E-state index in [1.54, 1.807) is 0 Å². The van der Waals surface area contributed by atoms with Crippen LogP contribution in [0, 0.1) is 0 Å². The molecule has 2 aromatic rings. The fourth-order valence-corrected chi connectivity index (χ4v) is 4.87. The minimum Gasteiger partial charge on any atom is -0.369 e. The predicted octanol–water partition coefficient (Wildman–Crippen LogP) is 2.74. The Bertz CT molecular complexity index is 1050. The van der Waals surface area contributed by atoms with E-state index in [1.807, 2.05) is 38.1 Å². The second-order valence-corrected chi connectivity index (χ2v) is 9.25. The Labute approximate surface area is 207 Å². The summed E-state index contributed by atoms with van der Waals surface area (Å²) in [5, 5.41) is 5.66. The molecule has 2 N–H and O–H groups in total. The van der Waals surface area contributed by atoms with Gasteiger partial charge < -0.3 is 15.5 Å². The smallest absolute Gasteiger partial charge is 0.325 e. The molecule has 2 aromatic carbocycles. The molecule has 0 aromatic heterocycles. The van der Waals surface area contributed by atoms with Gasteiger partial charge >= 0.3 is 6.03 Å². The highest BCUT2D eigenvalue weighted by molar-refractivity contribution is 6.08. The number of piperazine rings is 1. The van der Waals surface area contributed by atoms with Gasteiger partial charge in [-0.3, -0.25) is 19.4 Å². The molecule has 2 aliphatic rings. The van der Waals surface area contributed by atoms with Gasteiger partial charge in [0.05, 0.1) is 0 Å². The Hall–Kier alpha value is -3.39. The quantitative estimate of drug-likeness (QED) is 0.543. The van der Waals surface area contributed by atoms with Crippen molar-refractivity contribution in [2.45, 2.75) is 45.3 Å². The summed E-state index contributed by atoms with van der Waals surface area (Å²) in [6.45, 7) is 8.53. The lowest BCUT2D eigenvalue weighted by molar-refractivity contribution is -0.135. The van der Waals surface area contributed by atoms with Gasteiger partial charge in [-0.25, -0.2) is 4.79 Å². The summed E-state index contributed by atoms with van der Waals surface area (Å²) >= 11 is 0. The molecule has 0 saturated carbocycles. The Morgan fingerprint density at radius 1 is 0.914 bits per heavy atom. The third-order valence-electron chi connectivity index (χ3n) is 7.24. The number of imide groups is 1. The maximum Gasteiger partial charge on any atom is 0.325 e. The molecular weight excluding hydrogens is 442 g/mol. The van der Waals surface area contributed by atoms with Crippen LogP contribution >= 0.6 is 0 Å². The first-order chi connectivity index (χ1) is 17.0. The van der Waals surface area contributed by atoms with Gasteiger partial charge in [0.2, 0.25) is 5.91 Å². The summed E-state index contributed by atoms with van der Waals surface area (Å²) in [6.07, 6.45) is 0.998. The summed E-state index contributed by atoms with van der Waals surface area (Å²) in [7, 11) is 0. The van der Waals surface area contributed by atoms with Crippen molar-refractivity contribution in [2.24, 2.45) is 0 Å². The number of urea groups is 1. The van der Waals surface area contributed by atoms with Crippen LogP contribution < -0.4 is 15.5 Å². The van der Waals surface area contributed by atoms with Crippen molar-refractivity contribution >= 4 is 23.5 Å². The Morgan fingerprint density at radius 3 is 2.17 bits per heavy atom. The zero-order chi connectivity index (χ0) is 24.8. The van der Waals surface area contributed by atoms with Crippen LogP contribution in [0.25, 0.3) is 0 Å². The molecule has 2 heterocycles. The van der Waals surface area contributed by atoms with Crippen LogP contribution in [-0.2, 0) is 22.7 Å². The van der Waals surface area contributed by atoms with Crippen molar-refractivity contribution < 1.29 is 14.4 Å². The molecule has 0 unspecified atom stereocenters. The first-order valence-electron chi connectivity index (χ1n) is 12.5. The number of nitrogens with zero attached hydrogens (tertiary/aromatic N) is 3. The minimum absolute atomic E-state index is 0.268. The highest BCUT2D eigenvalue weighted by Crippen LogP contribution is 2.24. The number of carbonyl (C=O) groups is 3. The van der Waals surface area contributed by atoms with Gasteiger partial charge in [-0.05, 0) is 36.1 Å². The molecule has 186 valence electrons. The van der Waals surface area contributed by atoms with Crippen LogP contribution in [0.5, 0.6) is 0 Å². The molecule has 35 heavy (non-hydrogen) atoms. The molecule has 0 bridgehead atoms. The molecule has 4 amide bonds. The standard InChI is InChI=1S/C27H35N5O3/c1-3-27(4-2)25(34)32(26(35)29-27)20-24(33)28-18-21-10-8-9-11-22(21)19-30-14-16-31(17-15-30)23-12-6-5-7-13-23/h5-13H,3-4,14-20H2,1-2H3,(H,28,33)(H,29,35). The zero-order valence-electron chi connectivity index (χ0n) is 20.6. The van der Waals surface area contributed by atoms with Crippen LogP contribution in [0.2, 0.25) is 0 Å². The van der Waals surface area contributed by atoms with E-state index in [9.17, 15) is 14.4 Å². The van der Waals surface area contributed by atoms with Gasteiger partial charge in [-0.2, -0.15) is 0 Å². The SMILES string of the molecule is CCC1(CC)NC(=O)N(CC(=O)NCc2ccccc2CN2CCN(c3ccccc3)CC2)C1=O. The maximum absolute atomic E-state index is 12.8. The Kier molecular flexibility index (Phi) is 7.70. The monoisotopic (exact) mass is 477 g/mol. The second kappa shape index (κ2) is 10.9. The average Bonchev–Trinajstić information content (AvgIpc) is 3.13. The van der Waals surface area contributed by atoms with E-state index in [0.29, 0.717) is 19.4 Å². The topological polar surface area (TPSA) is 85.0 Å². The first-order valence-corrected chi connectivity index (χ1v) is 12.5. The minimum atomic E-state index is -0.894. The summed E-state index contributed by atoms with van der Waals surface area (Å²) in [5.41, 5.74) is 2.58. The number of carbonyl (C=O) groups excluding carboxylic acids is 3. The first kappa shape index (κ1) is 24.7. The van der Waals surface area contributed by atoms with Crippen molar-refractivity contribution in [3.63, 3.8) is 0 Å². The molecule has 0 radical (unpaired) electrons. The molecule has 4 rings (SSSR count). The largest absolute Gasteiger partial charge is 0.369 e. The van der Waals surface area contributed by atoms with E-state index in [0.717, 1.165) is 43.2 Å². The van der Waals surface area contributed by atoms with Crippen molar-refractivity contribution in [3.05, 3.63) is 65.7 Å². The van der Waals surface area contributed by atoms with Gasteiger partial charge in [0.1, 0.15) is 12.1 Å². The number of rotatable bonds is 9. The average molecular weight is 478 g/mol. The lowest BCUT2D eigenvalue weighted by atomic mass is 9.93. The van der Waals surface area contributed by atoms with Gasteiger partial charge in [0.25, 0.3) is 5.91 Å². The molecule has 2 aliphatic heterocycles. The summed E-state index contributed by atoms with van der Waals surface area (Å²) in [6, 6.07) is 18.1. The van der Waals surface area contributed by atoms with E-state index < -0.39 is 11.6 Å². The van der Waals surface area contributed by atoms with Crippen molar-refractivity contribution in [2.75, 3.05) is 37.6 Å². The van der Waals surface area contributed by atoms with Crippen LogP contribution in [0.4, 0.5) is 10.5 Å². The molecule has 2 fully saturated rings. The third kappa shape index (κ3) is 5.48. The highest BCUT2D eigenvalue weighted by Gasteiger charge is 2.49. The van der Waals surface area contributed by atoms with E-state index in [-0.39, 0.29) is 18.4 Å². The predicted molar refractivity (Wildman–Crippen MR) is 136 cm³/mol. The number of benzene rings is 2. The van der Waals surface area contributed by atoms with Crippen LogP contribution in [0.15, 0.2) is 54.6 Å². The highest BCUT2D eigenvalue weighted by atomic mass is 16.2.